The third kappa shape index (κ3) is 2.39. The summed E-state index contributed by atoms with van der Waals surface area (Å²) in [6.07, 6.45) is 1.25. The number of hydrogen-bond donors (Lipinski definition) is 1. The first-order chi connectivity index (χ1) is 8.42. The summed E-state index contributed by atoms with van der Waals surface area (Å²) in [5, 5.41) is 14.3. The number of piperazine rings is 1. The van der Waals surface area contributed by atoms with Crippen molar-refractivity contribution in [2.45, 2.75) is 19.4 Å². The van der Waals surface area contributed by atoms with Gasteiger partial charge in [0.1, 0.15) is 12.0 Å². The number of anilines is 1. The Balaban J connectivity index is 2.36. The van der Waals surface area contributed by atoms with Gasteiger partial charge in [-0.15, -0.1) is 0 Å². The monoisotopic (exact) mass is 270 g/mol. The maximum atomic E-state index is 10.7. The molecule has 1 aliphatic heterocycles. The van der Waals surface area contributed by atoms with Crippen LogP contribution in [0.2, 0.25) is 5.02 Å². The summed E-state index contributed by atoms with van der Waals surface area (Å²) >= 11 is 6.11. The lowest BCUT2D eigenvalue weighted by atomic mass is 10.0. The zero-order chi connectivity index (χ0) is 13.3. The van der Waals surface area contributed by atoms with Gasteiger partial charge < -0.3 is 10.2 Å². The van der Waals surface area contributed by atoms with Crippen molar-refractivity contribution in [3.8, 4) is 0 Å². The number of nitrogens with zero attached hydrogens (tertiary/aromatic N) is 3. The molecule has 1 aromatic heterocycles. The highest BCUT2D eigenvalue weighted by atomic mass is 35.5. The second-order valence-corrected chi connectivity index (χ2v) is 5.30. The fraction of sp³-hybridized carbons (Fsp3) is 0.545. The number of nitrogens with one attached hydrogen (secondary N) is 1. The lowest BCUT2D eigenvalue weighted by Gasteiger charge is -2.43. The van der Waals surface area contributed by atoms with Crippen LogP contribution in [0.15, 0.2) is 12.3 Å². The summed E-state index contributed by atoms with van der Waals surface area (Å²) < 4.78 is 0. The molecule has 0 unspecified atom stereocenters. The molecule has 18 heavy (non-hydrogen) atoms. The molecular weight excluding hydrogens is 256 g/mol. The summed E-state index contributed by atoms with van der Waals surface area (Å²) in [5.41, 5.74) is -0.206. The molecule has 1 aliphatic rings. The summed E-state index contributed by atoms with van der Waals surface area (Å²) in [7, 11) is 0. The van der Waals surface area contributed by atoms with E-state index in [1.807, 2.05) is 0 Å². The van der Waals surface area contributed by atoms with Gasteiger partial charge >= 0.3 is 0 Å². The van der Waals surface area contributed by atoms with Crippen LogP contribution in [0.4, 0.5) is 11.5 Å². The fourth-order valence-corrected chi connectivity index (χ4v) is 2.36. The third-order valence-electron chi connectivity index (χ3n) is 3.07. The van der Waals surface area contributed by atoms with Crippen molar-refractivity contribution in [1.29, 1.82) is 0 Å². The molecule has 0 saturated carbocycles. The van der Waals surface area contributed by atoms with Crippen LogP contribution < -0.4 is 10.2 Å². The quantitative estimate of drug-likeness (QED) is 0.656. The first-order valence-electron chi connectivity index (χ1n) is 5.70. The highest BCUT2D eigenvalue weighted by Gasteiger charge is 2.32. The topological polar surface area (TPSA) is 71.3 Å². The molecule has 0 bridgehead atoms. The lowest BCUT2D eigenvalue weighted by molar-refractivity contribution is -0.385. The highest BCUT2D eigenvalue weighted by Crippen LogP contribution is 2.31. The predicted molar refractivity (Wildman–Crippen MR) is 70.2 cm³/mol. The molecule has 2 heterocycles. The van der Waals surface area contributed by atoms with Crippen molar-refractivity contribution in [2.24, 2.45) is 0 Å². The zero-order valence-corrected chi connectivity index (χ0v) is 11.1. The van der Waals surface area contributed by atoms with Gasteiger partial charge in [0.25, 0.3) is 5.69 Å². The first-order valence-corrected chi connectivity index (χ1v) is 6.08. The van der Waals surface area contributed by atoms with Gasteiger partial charge in [0.2, 0.25) is 0 Å². The number of aromatic nitrogens is 1. The summed E-state index contributed by atoms with van der Waals surface area (Å²) in [4.78, 5) is 16.4. The van der Waals surface area contributed by atoms with Crippen LogP contribution in [0.5, 0.6) is 0 Å². The van der Waals surface area contributed by atoms with Crippen LogP contribution in [-0.4, -0.2) is 35.1 Å². The Labute approximate surface area is 110 Å². The van der Waals surface area contributed by atoms with E-state index in [-0.39, 0.29) is 11.2 Å². The molecule has 0 amide bonds. The van der Waals surface area contributed by atoms with Crippen molar-refractivity contribution in [3.63, 3.8) is 0 Å². The van der Waals surface area contributed by atoms with Crippen LogP contribution in [0.3, 0.4) is 0 Å². The van der Waals surface area contributed by atoms with E-state index in [1.54, 1.807) is 0 Å². The molecule has 1 fully saturated rings. The van der Waals surface area contributed by atoms with Gasteiger partial charge in [0, 0.05) is 31.2 Å². The fourth-order valence-electron chi connectivity index (χ4n) is 2.09. The van der Waals surface area contributed by atoms with Crippen LogP contribution in [0.1, 0.15) is 13.8 Å². The van der Waals surface area contributed by atoms with E-state index in [4.69, 9.17) is 11.6 Å². The predicted octanol–water partition coefficient (Wildman–Crippen LogP) is 1.83. The zero-order valence-electron chi connectivity index (χ0n) is 10.3. The Morgan fingerprint density at radius 1 is 1.61 bits per heavy atom. The third-order valence-corrected chi connectivity index (χ3v) is 3.35. The van der Waals surface area contributed by atoms with E-state index in [0.717, 1.165) is 19.6 Å². The molecule has 0 aliphatic carbocycles. The smallest absolute Gasteiger partial charge is 0.289 e. The molecule has 1 N–H and O–H groups in total. The standard InChI is InChI=1S/C11H15ClN4O2/c1-11(2)7-13-3-4-15(11)10-9(12)5-8(6-14-10)16(17)18/h5-6,13H,3-4,7H2,1-2H3. The highest BCUT2D eigenvalue weighted by molar-refractivity contribution is 6.33. The van der Waals surface area contributed by atoms with Crippen LogP contribution in [0, 0.1) is 10.1 Å². The number of halogens is 1. The van der Waals surface area contributed by atoms with Gasteiger partial charge in [-0.05, 0) is 13.8 Å². The Morgan fingerprint density at radius 2 is 2.33 bits per heavy atom. The normalized spacial score (nSPS) is 18.7. The number of hydrogen-bond acceptors (Lipinski definition) is 5. The lowest BCUT2D eigenvalue weighted by Crippen LogP contribution is -2.58. The largest absolute Gasteiger partial charge is 0.348 e. The summed E-state index contributed by atoms with van der Waals surface area (Å²) in [5.74, 6) is 0.605. The molecule has 1 aromatic rings. The van der Waals surface area contributed by atoms with E-state index in [1.165, 1.54) is 12.3 Å². The van der Waals surface area contributed by atoms with Gasteiger partial charge in [0.05, 0.1) is 9.95 Å². The maximum absolute atomic E-state index is 10.7. The Bertz CT molecular complexity index is 478. The molecule has 0 spiro atoms. The molecule has 6 nitrogen and oxygen atoms in total. The van der Waals surface area contributed by atoms with E-state index in [9.17, 15) is 10.1 Å². The van der Waals surface area contributed by atoms with E-state index >= 15 is 0 Å². The minimum atomic E-state index is -0.494. The van der Waals surface area contributed by atoms with Gasteiger partial charge in [-0.25, -0.2) is 4.98 Å². The second kappa shape index (κ2) is 4.70. The number of rotatable bonds is 2. The Hall–Kier alpha value is -1.40. The average molecular weight is 271 g/mol. The van der Waals surface area contributed by atoms with E-state index in [0.29, 0.717) is 10.8 Å². The van der Waals surface area contributed by atoms with Crippen LogP contribution in [0.25, 0.3) is 0 Å². The van der Waals surface area contributed by atoms with Gasteiger partial charge in [0.15, 0.2) is 0 Å². The molecule has 0 aromatic carbocycles. The molecule has 2 rings (SSSR count). The van der Waals surface area contributed by atoms with E-state index < -0.39 is 4.92 Å². The molecule has 98 valence electrons. The van der Waals surface area contributed by atoms with Crippen molar-refractivity contribution < 1.29 is 4.92 Å². The van der Waals surface area contributed by atoms with Crippen molar-refractivity contribution in [1.82, 2.24) is 10.3 Å². The Morgan fingerprint density at radius 3 is 2.89 bits per heavy atom. The van der Waals surface area contributed by atoms with Gasteiger partial charge in [-0.3, -0.25) is 10.1 Å². The van der Waals surface area contributed by atoms with Crippen LogP contribution in [-0.2, 0) is 0 Å². The van der Waals surface area contributed by atoms with Crippen molar-refractivity contribution in [3.05, 3.63) is 27.4 Å². The molecular formula is C11H15ClN4O2. The number of pyridine rings is 1. The maximum Gasteiger partial charge on any atom is 0.289 e. The first kappa shape index (κ1) is 13.0. The van der Waals surface area contributed by atoms with E-state index in [2.05, 4.69) is 29.0 Å². The van der Waals surface area contributed by atoms with Gasteiger partial charge in [-0.2, -0.15) is 0 Å². The second-order valence-electron chi connectivity index (χ2n) is 4.90. The van der Waals surface area contributed by atoms with Gasteiger partial charge in [-0.1, -0.05) is 11.6 Å². The Kier molecular flexibility index (Phi) is 3.41. The van der Waals surface area contributed by atoms with Crippen LogP contribution >= 0.6 is 11.6 Å². The SMILES string of the molecule is CC1(C)CNCCN1c1ncc([N+](=O)[O-])cc1Cl. The number of nitro groups is 1. The molecule has 0 atom stereocenters. The molecule has 0 radical (unpaired) electrons. The molecule has 1 saturated heterocycles. The van der Waals surface area contributed by atoms with Crippen molar-refractivity contribution in [2.75, 3.05) is 24.5 Å². The summed E-state index contributed by atoms with van der Waals surface area (Å²) in [6.45, 7) is 6.61. The average Bonchev–Trinajstić information content (AvgIpc) is 2.29. The minimum absolute atomic E-state index is 0.0864. The summed E-state index contributed by atoms with van der Waals surface area (Å²) in [6, 6.07) is 1.35. The van der Waals surface area contributed by atoms with Crippen molar-refractivity contribution >= 4 is 23.1 Å². The molecule has 7 heteroatoms. The minimum Gasteiger partial charge on any atom is -0.348 e.